The molecule has 0 saturated heterocycles. The van der Waals surface area contributed by atoms with Crippen LogP contribution in [0.2, 0.25) is 0 Å². The van der Waals surface area contributed by atoms with Gasteiger partial charge in [-0.1, -0.05) is 30.0 Å². The van der Waals surface area contributed by atoms with Gasteiger partial charge in [-0.15, -0.1) is 11.3 Å². The summed E-state index contributed by atoms with van der Waals surface area (Å²) in [4.78, 5) is 30.9. The lowest BCUT2D eigenvalue weighted by atomic mass is 9.95. The van der Waals surface area contributed by atoms with E-state index in [1.54, 1.807) is 0 Å². The first kappa shape index (κ1) is 20.9. The molecule has 3 N–H and O–H groups in total. The maximum Gasteiger partial charge on any atom is 0.251 e. The average molecular weight is 440 g/mol. The first-order valence-corrected chi connectivity index (χ1v) is 11.8. The van der Waals surface area contributed by atoms with Gasteiger partial charge >= 0.3 is 0 Å². The van der Waals surface area contributed by atoms with Crippen molar-refractivity contribution in [3.05, 3.63) is 51.4 Å². The van der Waals surface area contributed by atoms with E-state index in [1.807, 2.05) is 32.0 Å². The fourth-order valence-corrected chi connectivity index (χ4v) is 6.17. The summed E-state index contributed by atoms with van der Waals surface area (Å²) in [6.07, 6.45) is 3.96. The number of aromatic nitrogens is 1. The molecule has 0 spiro atoms. The van der Waals surface area contributed by atoms with Crippen molar-refractivity contribution in [2.75, 3.05) is 5.32 Å². The molecule has 156 valence electrons. The van der Waals surface area contributed by atoms with Crippen LogP contribution < -0.4 is 11.1 Å². The first-order valence-electron chi connectivity index (χ1n) is 10.1. The number of rotatable bonds is 5. The van der Waals surface area contributed by atoms with Crippen LogP contribution in [-0.2, 0) is 17.6 Å². The van der Waals surface area contributed by atoms with Crippen molar-refractivity contribution in [3.63, 3.8) is 0 Å². The predicted octanol–water partition coefficient (Wildman–Crippen LogP) is 5.01. The van der Waals surface area contributed by atoms with Crippen LogP contribution in [0.4, 0.5) is 5.00 Å². The Morgan fingerprint density at radius 3 is 2.73 bits per heavy atom. The summed E-state index contributed by atoms with van der Waals surface area (Å²) in [5.74, 6) is -0.613. The molecule has 0 bridgehead atoms. The number of carbonyl (C=O) groups is 2. The lowest BCUT2D eigenvalue weighted by Gasteiger charge is -2.13. The number of thiophene rings is 1. The Labute approximate surface area is 184 Å². The topological polar surface area (TPSA) is 85.1 Å². The van der Waals surface area contributed by atoms with Crippen LogP contribution in [0.3, 0.4) is 0 Å². The van der Waals surface area contributed by atoms with E-state index >= 15 is 0 Å². The Hall–Kier alpha value is -2.38. The fraction of sp³-hybridized carbons (Fsp3) is 0.348. The van der Waals surface area contributed by atoms with Crippen molar-refractivity contribution in [1.82, 2.24) is 4.98 Å². The summed E-state index contributed by atoms with van der Waals surface area (Å²) in [7, 11) is 0. The molecule has 2 amide bonds. The van der Waals surface area contributed by atoms with Gasteiger partial charge in [0, 0.05) is 10.3 Å². The zero-order valence-corrected chi connectivity index (χ0v) is 19.0. The van der Waals surface area contributed by atoms with Crippen LogP contribution in [0.1, 0.15) is 51.7 Å². The summed E-state index contributed by atoms with van der Waals surface area (Å²) in [5.41, 5.74) is 10.4. The van der Waals surface area contributed by atoms with E-state index in [0.717, 1.165) is 58.3 Å². The number of anilines is 1. The number of carbonyl (C=O) groups excluding carboxylic acids is 2. The van der Waals surface area contributed by atoms with Crippen molar-refractivity contribution < 1.29 is 9.59 Å². The molecule has 3 aromatic rings. The Bertz CT molecular complexity index is 1150. The standard InChI is InChI=1S/C23H25N3O2S2/c1-12-7-6-9-15-13(2)11-18(25-20(12)15)29-14(3)22(28)26-23-19(21(24)27)16-8-4-5-10-17(16)30-23/h6-7,9,11,14H,4-5,8,10H2,1-3H3,(H2,24,27)(H,26,28). The number of hydrogen-bond donors (Lipinski definition) is 2. The van der Waals surface area contributed by atoms with E-state index in [4.69, 9.17) is 10.7 Å². The van der Waals surface area contributed by atoms with E-state index < -0.39 is 5.91 Å². The number of aryl methyl sites for hydroxylation is 3. The number of thioether (sulfide) groups is 1. The average Bonchev–Trinajstić information content (AvgIpc) is 3.06. The van der Waals surface area contributed by atoms with Crippen LogP contribution >= 0.6 is 23.1 Å². The second kappa shape index (κ2) is 8.40. The number of hydrogen-bond acceptors (Lipinski definition) is 5. The molecule has 2 heterocycles. The third-order valence-electron chi connectivity index (χ3n) is 5.55. The summed E-state index contributed by atoms with van der Waals surface area (Å²) >= 11 is 2.91. The zero-order valence-electron chi connectivity index (χ0n) is 17.4. The van der Waals surface area contributed by atoms with E-state index in [2.05, 4.69) is 18.3 Å². The summed E-state index contributed by atoms with van der Waals surface area (Å²) in [5, 5.41) is 5.14. The summed E-state index contributed by atoms with van der Waals surface area (Å²) < 4.78 is 0. The lowest BCUT2D eigenvalue weighted by molar-refractivity contribution is -0.115. The van der Waals surface area contributed by atoms with Gasteiger partial charge in [0.15, 0.2) is 0 Å². The maximum absolute atomic E-state index is 12.9. The Morgan fingerprint density at radius 1 is 1.20 bits per heavy atom. The Morgan fingerprint density at radius 2 is 1.97 bits per heavy atom. The van der Waals surface area contributed by atoms with Gasteiger partial charge in [0.1, 0.15) is 5.00 Å². The minimum Gasteiger partial charge on any atom is -0.365 e. The normalized spacial score (nSPS) is 14.4. The highest BCUT2D eigenvalue weighted by atomic mass is 32.2. The van der Waals surface area contributed by atoms with Gasteiger partial charge in [0.05, 0.1) is 21.4 Å². The van der Waals surface area contributed by atoms with Crippen molar-refractivity contribution in [2.24, 2.45) is 5.73 Å². The predicted molar refractivity (Wildman–Crippen MR) is 125 cm³/mol. The quantitative estimate of drug-likeness (QED) is 0.547. The molecule has 1 atom stereocenters. The third kappa shape index (κ3) is 3.96. The number of benzene rings is 1. The molecular weight excluding hydrogens is 414 g/mol. The number of para-hydroxylation sites is 1. The second-order valence-electron chi connectivity index (χ2n) is 7.78. The largest absolute Gasteiger partial charge is 0.365 e. The van der Waals surface area contributed by atoms with Gasteiger partial charge in [-0.05, 0) is 69.2 Å². The SMILES string of the molecule is Cc1cc(SC(C)C(=O)Nc2sc3c(c2C(N)=O)CCCC3)nc2c(C)cccc12. The van der Waals surface area contributed by atoms with Gasteiger partial charge < -0.3 is 11.1 Å². The number of pyridine rings is 1. The molecule has 30 heavy (non-hydrogen) atoms. The van der Waals surface area contributed by atoms with Crippen LogP contribution in [0.15, 0.2) is 29.3 Å². The number of nitrogens with two attached hydrogens (primary N) is 1. The van der Waals surface area contributed by atoms with Gasteiger partial charge in [0.25, 0.3) is 5.91 Å². The number of nitrogens with zero attached hydrogens (tertiary/aromatic N) is 1. The van der Waals surface area contributed by atoms with Crippen molar-refractivity contribution >= 4 is 50.8 Å². The first-order chi connectivity index (χ1) is 14.3. The smallest absolute Gasteiger partial charge is 0.251 e. The van der Waals surface area contributed by atoms with Crippen molar-refractivity contribution in [1.29, 1.82) is 0 Å². The highest BCUT2D eigenvalue weighted by Gasteiger charge is 2.26. The molecule has 5 nitrogen and oxygen atoms in total. The van der Waals surface area contributed by atoms with Crippen molar-refractivity contribution in [2.45, 2.75) is 56.7 Å². The van der Waals surface area contributed by atoms with Gasteiger partial charge in [0.2, 0.25) is 5.91 Å². The van der Waals surface area contributed by atoms with E-state index in [-0.39, 0.29) is 11.2 Å². The molecule has 0 radical (unpaired) electrons. The van der Waals surface area contributed by atoms with Gasteiger partial charge in [-0.2, -0.15) is 0 Å². The number of primary amides is 1. The molecule has 7 heteroatoms. The highest BCUT2D eigenvalue weighted by Crippen LogP contribution is 2.38. The van der Waals surface area contributed by atoms with Crippen molar-refractivity contribution in [3.8, 4) is 0 Å². The molecule has 1 aromatic carbocycles. The monoisotopic (exact) mass is 439 g/mol. The molecule has 0 fully saturated rings. The van der Waals surface area contributed by atoms with E-state index in [1.165, 1.54) is 28.0 Å². The maximum atomic E-state index is 12.9. The molecule has 4 rings (SSSR count). The third-order valence-corrected chi connectivity index (χ3v) is 7.77. The fourth-order valence-electron chi connectivity index (χ4n) is 3.95. The molecule has 1 unspecified atom stereocenters. The van der Waals surface area contributed by atoms with Gasteiger partial charge in [-0.25, -0.2) is 4.98 Å². The summed E-state index contributed by atoms with van der Waals surface area (Å²) in [6, 6.07) is 8.17. The molecule has 1 aliphatic carbocycles. The van der Waals surface area contributed by atoms with E-state index in [0.29, 0.717) is 10.6 Å². The van der Waals surface area contributed by atoms with Crippen LogP contribution in [0.5, 0.6) is 0 Å². The second-order valence-corrected chi connectivity index (χ2v) is 10.2. The molecule has 2 aromatic heterocycles. The van der Waals surface area contributed by atoms with Gasteiger partial charge in [-0.3, -0.25) is 9.59 Å². The van der Waals surface area contributed by atoms with Crippen LogP contribution in [-0.4, -0.2) is 22.0 Å². The number of nitrogens with one attached hydrogen (secondary N) is 1. The minimum atomic E-state index is -0.465. The Balaban J connectivity index is 1.55. The summed E-state index contributed by atoms with van der Waals surface area (Å²) in [6.45, 7) is 5.97. The molecule has 1 aliphatic rings. The van der Waals surface area contributed by atoms with Crippen LogP contribution in [0.25, 0.3) is 10.9 Å². The number of fused-ring (bicyclic) bond motifs is 2. The zero-order chi connectivity index (χ0) is 21.4. The Kier molecular flexibility index (Phi) is 5.84. The lowest BCUT2D eigenvalue weighted by Crippen LogP contribution is -2.24. The highest BCUT2D eigenvalue weighted by molar-refractivity contribution is 8.00. The molecular formula is C23H25N3O2S2. The van der Waals surface area contributed by atoms with E-state index in [9.17, 15) is 9.59 Å². The number of amides is 2. The molecule has 0 aliphatic heterocycles. The molecule has 0 saturated carbocycles. The van der Waals surface area contributed by atoms with Crippen LogP contribution in [0, 0.1) is 13.8 Å². The minimum absolute atomic E-state index is 0.148.